The second kappa shape index (κ2) is 10.8. The maximum absolute atomic E-state index is 13.6. The third-order valence-corrected chi connectivity index (χ3v) is 6.34. The summed E-state index contributed by atoms with van der Waals surface area (Å²) in [5, 5.41) is 2.98. The average molecular weight is 492 g/mol. The fourth-order valence-electron chi connectivity index (χ4n) is 4.06. The van der Waals surface area contributed by atoms with E-state index in [1.54, 1.807) is 9.80 Å². The van der Waals surface area contributed by atoms with Gasteiger partial charge < -0.3 is 29.0 Å². The molecule has 0 aliphatic carbocycles. The van der Waals surface area contributed by atoms with Crippen molar-refractivity contribution < 1.29 is 23.5 Å². The van der Waals surface area contributed by atoms with Crippen molar-refractivity contribution in [3.63, 3.8) is 0 Å². The van der Waals surface area contributed by atoms with Crippen LogP contribution in [0.1, 0.15) is 42.1 Å². The zero-order chi connectivity index (χ0) is 25.8. The fraction of sp³-hybridized carbons (Fsp3) is 0.357. The highest BCUT2D eigenvalue weighted by atomic mass is 16.7. The van der Waals surface area contributed by atoms with Gasteiger partial charge in [-0.15, -0.1) is 0 Å². The van der Waals surface area contributed by atoms with E-state index in [-0.39, 0.29) is 37.9 Å². The number of urea groups is 1. The van der Waals surface area contributed by atoms with Crippen molar-refractivity contribution in [3.8, 4) is 11.5 Å². The summed E-state index contributed by atoms with van der Waals surface area (Å²) in [6.45, 7) is 10.4. The van der Waals surface area contributed by atoms with Crippen LogP contribution in [-0.4, -0.2) is 41.1 Å². The molecule has 8 heteroatoms. The van der Waals surface area contributed by atoms with Crippen LogP contribution >= 0.6 is 0 Å². The third-order valence-electron chi connectivity index (χ3n) is 6.34. The lowest BCUT2D eigenvalue weighted by Gasteiger charge is -2.30. The van der Waals surface area contributed by atoms with Crippen molar-refractivity contribution in [2.24, 2.45) is 0 Å². The summed E-state index contributed by atoms with van der Waals surface area (Å²) in [6.07, 6.45) is 0. The standard InChI is InChI=1S/C28H33N3O5/c1-18(2)31(28(33)29-24-8-6-7-19(3)21(24)5)16-27(32)30(15-23-11-9-20(4)36-23)14-22-10-12-25-26(13-22)35-17-34-25/h6-13,18H,14-17H2,1-5H3,(H,29,33). The number of ether oxygens (including phenoxy) is 2. The summed E-state index contributed by atoms with van der Waals surface area (Å²) in [5.41, 5.74) is 3.72. The van der Waals surface area contributed by atoms with E-state index in [1.807, 2.05) is 83.1 Å². The maximum Gasteiger partial charge on any atom is 0.322 e. The van der Waals surface area contributed by atoms with Gasteiger partial charge in [0.05, 0.1) is 6.54 Å². The summed E-state index contributed by atoms with van der Waals surface area (Å²) in [7, 11) is 0. The number of nitrogens with zero attached hydrogens (tertiary/aromatic N) is 2. The van der Waals surface area contributed by atoms with Gasteiger partial charge in [-0.3, -0.25) is 4.79 Å². The van der Waals surface area contributed by atoms with E-state index in [0.717, 1.165) is 28.1 Å². The Morgan fingerprint density at radius 3 is 2.47 bits per heavy atom. The van der Waals surface area contributed by atoms with Crippen LogP contribution in [0.3, 0.4) is 0 Å². The predicted molar refractivity (Wildman–Crippen MR) is 137 cm³/mol. The Morgan fingerprint density at radius 2 is 1.75 bits per heavy atom. The van der Waals surface area contributed by atoms with Gasteiger partial charge in [-0.25, -0.2) is 4.79 Å². The SMILES string of the molecule is Cc1ccc(CN(Cc2ccc3c(c2)OCO3)C(=O)CN(C(=O)Nc2cccc(C)c2C)C(C)C)o1. The number of carbonyl (C=O) groups is 2. The van der Waals surface area contributed by atoms with Gasteiger partial charge in [0.15, 0.2) is 11.5 Å². The van der Waals surface area contributed by atoms with Crippen molar-refractivity contribution in [2.45, 2.75) is 53.8 Å². The van der Waals surface area contributed by atoms with Gasteiger partial charge in [0, 0.05) is 18.3 Å². The summed E-state index contributed by atoms with van der Waals surface area (Å²) < 4.78 is 16.7. The summed E-state index contributed by atoms with van der Waals surface area (Å²) >= 11 is 0. The number of amides is 3. The number of carbonyl (C=O) groups excluding carboxylic acids is 2. The van der Waals surface area contributed by atoms with E-state index in [2.05, 4.69) is 5.32 Å². The zero-order valence-electron chi connectivity index (χ0n) is 21.5. The normalized spacial score (nSPS) is 12.1. The van der Waals surface area contributed by atoms with Gasteiger partial charge in [0.25, 0.3) is 0 Å². The van der Waals surface area contributed by atoms with E-state index in [4.69, 9.17) is 13.9 Å². The molecule has 0 bridgehead atoms. The molecule has 0 radical (unpaired) electrons. The van der Waals surface area contributed by atoms with Crippen molar-refractivity contribution in [3.05, 3.63) is 76.7 Å². The predicted octanol–water partition coefficient (Wildman–Crippen LogP) is 5.40. The average Bonchev–Trinajstić information content (AvgIpc) is 3.47. The number of nitrogens with one attached hydrogen (secondary N) is 1. The molecular formula is C28H33N3O5. The lowest BCUT2D eigenvalue weighted by Crippen LogP contribution is -2.47. The summed E-state index contributed by atoms with van der Waals surface area (Å²) in [4.78, 5) is 30.0. The highest BCUT2D eigenvalue weighted by Crippen LogP contribution is 2.33. The molecule has 1 N–H and O–H groups in total. The molecule has 0 fully saturated rings. The monoisotopic (exact) mass is 491 g/mol. The number of aryl methyl sites for hydroxylation is 2. The second-order valence-electron chi connectivity index (χ2n) is 9.35. The van der Waals surface area contributed by atoms with Crippen LogP contribution in [0, 0.1) is 20.8 Å². The highest BCUT2D eigenvalue weighted by molar-refractivity contribution is 5.93. The number of anilines is 1. The molecule has 1 aliphatic heterocycles. The van der Waals surface area contributed by atoms with Crippen LogP contribution in [0.4, 0.5) is 10.5 Å². The van der Waals surface area contributed by atoms with E-state index in [1.165, 1.54) is 0 Å². The van der Waals surface area contributed by atoms with Crippen LogP contribution in [0.5, 0.6) is 11.5 Å². The Hall–Kier alpha value is -3.94. The first-order chi connectivity index (χ1) is 17.2. The molecule has 3 amide bonds. The van der Waals surface area contributed by atoms with Crippen LogP contribution < -0.4 is 14.8 Å². The number of hydrogen-bond acceptors (Lipinski definition) is 5. The lowest BCUT2D eigenvalue weighted by molar-refractivity contribution is -0.133. The number of fused-ring (bicyclic) bond motifs is 1. The first-order valence-electron chi connectivity index (χ1n) is 12.1. The minimum atomic E-state index is -0.316. The molecule has 1 aliphatic rings. The van der Waals surface area contributed by atoms with Gasteiger partial charge in [0.1, 0.15) is 18.1 Å². The highest BCUT2D eigenvalue weighted by Gasteiger charge is 2.25. The summed E-state index contributed by atoms with van der Waals surface area (Å²) in [6, 6.07) is 14.6. The smallest absolute Gasteiger partial charge is 0.322 e. The lowest BCUT2D eigenvalue weighted by atomic mass is 10.1. The molecule has 2 heterocycles. The molecule has 2 aromatic carbocycles. The van der Waals surface area contributed by atoms with E-state index < -0.39 is 0 Å². The fourth-order valence-corrected chi connectivity index (χ4v) is 4.06. The third kappa shape index (κ3) is 5.82. The van der Waals surface area contributed by atoms with Crippen molar-refractivity contribution in [1.82, 2.24) is 9.80 Å². The van der Waals surface area contributed by atoms with Crippen molar-refractivity contribution in [2.75, 3.05) is 18.7 Å². The van der Waals surface area contributed by atoms with Crippen LogP contribution in [0.15, 0.2) is 52.9 Å². The minimum Gasteiger partial charge on any atom is -0.464 e. The number of benzene rings is 2. The van der Waals surface area contributed by atoms with Gasteiger partial charge in [-0.2, -0.15) is 0 Å². The van der Waals surface area contributed by atoms with Crippen LogP contribution in [0.25, 0.3) is 0 Å². The number of furan rings is 1. The molecular weight excluding hydrogens is 458 g/mol. The summed E-state index contributed by atoms with van der Waals surface area (Å²) in [5.74, 6) is 2.61. The Balaban J connectivity index is 1.52. The minimum absolute atomic E-state index is 0.0708. The zero-order valence-corrected chi connectivity index (χ0v) is 21.5. The van der Waals surface area contributed by atoms with Crippen LogP contribution in [-0.2, 0) is 17.9 Å². The topological polar surface area (TPSA) is 84.2 Å². The first kappa shape index (κ1) is 25.2. The van der Waals surface area contributed by atoms with E-state index >= 15 is 0 Å². The number of hydrogen-bond donors (Lipinski definition) is 1. The van der Waals surface area contributed by atoms with E-state index in [9.17, 15) is 9.59 Å². The van der Waals surface area contributed by atoms with Gasteiger partial charge >= 0.3 is 6.03 Å². The van der Waals surface area contributed by atoms with E-state index in [0.29, 0.717) is 23.8 Å². The molecule has 0 spiro atoms. The molecule has 0 saturated heterocycles. The van der Waals surface area contributed by atoms with Gasteiger partial charge in [-0.1, -0.05) is 18.2 Å². The van der Waals surface area contributed by atoms with Gasteiger partial charge in [0.2, 0.25) is 12.7 Å². The Kier molecular flexibility index (Phi) is 7.52. The molecule has 0 atom stereocenters. The molecule has 4 rings (SSSR count). The van der Waals surface area contributed by atoms with Crippen molar-refractivity contribution in [1.29, 1.82) is 0 Å². The van der Waals surface area contributed by atoms with Gasteiger partial charge in [-0.05, 0) is 81.6 Å². The molecule has 3 aromatic rings. The Labute approximate surface area is 211 Å². The molecule has 1 aromatic heterocycles. The Bertz CT molecular complexity index is 1250. The van der Waals surface area contributed by atoms with Crippen molar-refractivity contribution >= 4 is 17.6 Å². The quantitative estimate of drug-likeness (QED) is 0.456. The molecule has 0 unspecified atom stereocenters. The number of rotatable bonds is 8. The van der Waals surface area contributed by atoms with Crippen LogP contribution in [0.2, 0.25) is 0 Å². The Morgan fingerprint density at radius 1 is 0.972 bits per heavy atom. The molecule has 0 saturated carbocycles. The first-order valence-corrected chi connectivity index (χ1v) is 12.1. The molecule has 36 heavy (non-hydrogen) atoms. The second-order valence-corrected chi connectivity index (χ2v) is 9.35. The maximum atomic E-state index is 13.6. The molecule has 8 nitrogen and oxygen atoms in total. The molecule has 190 valence electrons. The largest absolute Gasteiger partial charge is 0.464 e.